The Hall–Kier alpha value is -2.60. The molecule has 1 aliphatic heterocycles. The predicted molar refractivity (Wildman–Crippen MR) is 108 cm³/mol. The van der Waals surface area contributed by atoms with Crippen molar-refractivity contribution in [2.45, 2.75) is 39.3 Å². The number of halogens is 1. The minimum absolute atomic E-state index is 0.0300. The van der Waals surface area contributed by atoms with E-state index in [0.29, 0.717) is 36.1 Å². The second-order valence-corrected chi connectivity index (χ2v) is 7.40. The first-order valence-corrected chi connectivity index (χ1v) is 9.72. The number of aromatic nitrogens is 1. The number of amides is 2. The number of piperidine rings is 1. The van der Waals surface area contributed by atoms with Crippen LogP contribution >= 0.6 is 11.6 Å². The molecule has 0 unspecified atom stereocenters. The largest absolute Gasteiger partial charge is 0.490 e. The Balaban J connectivity index is 1.60. The maximum atomic E-state index is 12.5. The fourth-order valence-electron chi connectivity index (χ4n) is 3.18. The molecule has 2 aromatic rings. The first-order chi connectivity index (χ1) is 13.4. The van der Waals surface area contributed by atoms with Gasteiger partial charge in [0.1, 0.15) is 17.5 Å². The summed E-state index contributed by atoms with van der Waals surface area (Å²) >= 11 is 5.88. The zero-order chi connectivity index (χ0) is 20.1. The van der Waals surface area contributed by atoms with Crippen molar-refractivity contribution in [2.75, 3.05) is 13.1 Å². The van der Waals surface area contributed by atoms with Crippen LogP contribution in [-0.4, -0.2) is 40.9 Å². The van der Waals surface area contributed by atoms with Gasteiger partial charge in [-0.15, -0.1) is 0 Å². The third-order valence-corrected chi connectivity index (χ3v) is 4.97. The molecule has 1 aromatic heterocycles. The maximum absolute atomic E-state index is 12.5. The van der Waals surface area contributed by atoms with E-state index < -0.39 is 0 Å². The van der Waals surface area contributed by atoms with E-state index in [1.54, 1.807) is 25.1 Å². The normalized spacial score (nSPS) is 14.6. The summed E-state index contributed by atoms with van der Waals surface area (Å²) in [7, 11) is 0. The highest BCUT2D eigenvalue weighted by molar-refractivity contribution is 6.30. The highest BCUT2D eigenvalue weighted by Crippen LogP contribution is 2.21. The van der Waals surface area contributed by atoms with Crippen molar-refractivity contribution >= 4 is 23.4 Å². The summed E-state index contributed by atoms with van der Waals surface area (Å²) in [6.45, 7) is 5.20. The van der Waals surface area contributed by atoms with Crippen LogP contribution in [0.3, 0.4) is 0 Å². The Kier molecular flexibility index (Phi) is 6.52. The molecule has 7 heteroatoms. The Morgan fingerprint density at radius 2 is 1.89 bits per heavy atom. The molecule has 1 aliphatic rings. The molecule has 1 saturated heterocycles. The molecule has 0 atom stereocenters. The Morgan fingerprint density at radius 3 is 2.54 bits per heavy atom. The summed E-state index contributed by atoms with van der Waals surface area (Å²) in [6, 6.07) is 10.8. The van der Waals surface area contributed by atoms with Gasteiger partial charge in [-0.1, -0.05) is 23.7 Å². The molecule has 0 bridgehead atoms. The van der Waals surface area contributed by atoms with E-state index in [2.05, 4.69) is 10.3 Å². The number of pyridine rings is 1. The van der Waals surface area contributed by atoms with E-state index in [1.165, 1.54) is 0 Å². The summed E-state index contributed by atoms with van der Waals surface area (Å²) in [6.07, 6.45) is 1.58. The van der Waals surface area contributed by atoms with Crippen LogP contribution in [-0.2, 0) is 11.3 Å². The zero-order valence-electron chi connectivity index (χ0n) is 16.1. The van der Waals surface area contributed by atoms with Crippen molar-refractivity contribution in [3.63, 3.8) is 0 Å². The zero-order valence-corrected chi connectivity index (χ0v) is 16.8. The van der Waals surface area contributed by atoms with Gasteiger partial charge in [0.2, 0.25) is 5.91 Å². The highest BCUT2D eigenvalue weighted by Gasteiger charge is 2.22. The van der Waals surface area contributed by atoms with Gasteiger partial charge in [0.15, 0.2) is 0 Å². The first kappa shape index (κ1) is 20.1. The topological polar surface area (TPSA) is 71.5 Å². The molecule has 2 amide bonds. The van der Waals surface area contributed by atoms with Gasteiger partial charge in [-0.05, 0) is 24.6 Å². The molecule has 1 N–H and O–H groups in total. The van der Waals surface area contributed by atoms with Gasteiger partial charge in [-0.25, -0.2) is 4.98 Å². The highest BCUT2D eigenvalue weighted by atomic mass is 35.5. The standard InChI is InChI=1S/C21H24ClN3O3/c1-14-11-19(28-18-7-9-25(10-8-18)15(2)26)12-20(24-14)21(27)23-13-16-3-5-17(22)6-4-16/h3-6,11-12,18H,7-10,13H2,1-2H3,(H,23,27). The van der Waals surface area contributed by atoms with Crippen molar-refractivity contribution in [3.05, 3.63) is 58.4 Å². The van der Waals surface area contributed by atoms with Crippen LogP contribution in [0.5, 0.6) is 5.75 Å². The number of carbonyl (C=O) groups excluding carboxylic acids is 2. The van der Waals surface area contributed by atoms with Crippen LogP contribution in [0.15, 0.2) is 36.4 Å². The predicted octanol–water partition coefficient (Wildman–Crippen LogP) is 3.36. The third-order valence-electron chi connectivity index (χ3n) is 4.72. The minimum Gasteiger partial charge on any atom is -0.490 e. The lowest BCUT2D eigenvalue weighted by Gasteiger charge is -2.31. The monoisotopic (exact) mass is 401 g/mol. The number of ether oxygens (including phenoxy) is 1. The van der Waals surface area contributed by atoms with Gasteiger partial charge in [0, 0.05) is 62.2 Å². The van der Waals surface area contributed by atoms with Crippen LogP contribution < -0.4 is 10.1 Å². The molecule has 1 aromatic carbocycles. The van der Waals surface area contributed by atoms with Crippen LogP contribution in [0, 0.1) is 6.92 Å². The van der Waals surface area contributed by atoms with E-state index in [4.69, 9.17) is 16.3 Å². The van der Waals surface area contributed by atoms with E-state index in [0.717, 1.165) is 24.1 Å². The summed E-state index contributed by atoms with van der Waals surface area (Å²) in [5, 5.41) is 3.53. The maximum Gasteiger partial charge on any atom is 0.270 e. The molecule has 0 spiro atoms. The number of rotatable bonds is 5. The summed E-state index contributed by atoms with van der Waals surface area (Å²) in [5.41, 5.74) is 2.00. The average molecular weight is 402 g/mol. The molecule has 0 saturated carbocycles. The van der Waals surface area contributed by atoms with E-state index in [1.807, 2.05) is 30.0 Å². The molecule has 28 heavy (non-hydrogen) atoms. The van der Waals surface area contributed by atoms with Crippen molar-refractivity contribution in [3.8, 4) is 5.75 Å². The van der Waals surface area contributed by atoms with Crippen molar-refractivity contribution in [1.29, 1.82) is 0 Å². The number of likely N-dealkylation sites (tertiary alicyclic amines) is 1. The van der Waals surface area contributed by atoms with E-state index >= 15 is 0 Å². The number of nitrogens with zero attached hydrogens (tertiary/aromatic N) is 2. The average Bonchev–Trinajstić information content (AvgIpc) is 2.67. The van der Waals surface area contributed by atoms with E-state index in [-0.39, 0.29) is 17.9 Å². The SMILES string of the molecule is CC(=O)N1CCC(Oc2cc(C)nc(C(=O)NCc3ccc(Cl)cc3)c2)CC1. The van der Waals surface area contributed by atoms with Crippen molar-refractivity contribution < 1.29 is 14.3 Å². The third kappa shape index (κ3) is 5.45. The smallest absolute Gasteiger partial charge is 0.270 e. The van der Waals surface area contributed by atoms with E-state index in [9.17, 15) is 9.59 Å². The van der Waals surface area contributed by atoms with Gasteiger partial charge in [-0.3, -0.25) is 9.59 Å². The van der Waals surface area contributed by atoms with Crippen LogP contribution in [0.4, 0.5) is 0 Å². The quantitative estimate of drug-likeness (QED) is 0.833. The number of hydrogen-bond donors (Lipinski definition) is 1. The lowest BCUT2D eigenvalue weighted by Crippen LogP contribution is -2.40. The lowest BCUT2D eigenvalue weighted by molar-refractivity contribution is -0.130. The van der Waals surface area contributed by atoms with Gasteiger partial charge >= 0.3 is 0 Å². The van der Waals surface area contributed by atoms with Crippen LogP contribution in [0.25, 0.3) is 0 Å². The summed E-state index contributed by atoms with van der Waals surface area (Å²) < 4.78 is 6.06. The molecule has 0 aliphatic carbocycles. The van der Waals surface area contributed by atoms with Crippen molar-refractivity contribution in [1.82, 2.24) is 15.2 Å². The van der Waals surface area contributed by atoms with Crippen LogP contribution in [0.1, 0.15) is 41.5 Å². The number of hydrogen-bond acceptors (Lipinski definition) is 4. The fourth-order valence-corrected chi connectivity index (χ4v) is 3.30. The fraction of sp³-hybridized carbons (Fsp3) is 0.381. The van der Waals surface area contributed by atoms with Crippen molar-refractivity contribution in [2.24, 2.45) is 0 Å². The molecular weight excluding hydrogens is 378 g/mol. The summed E-state index contributed by atoms with van der Waals surface area (Å²) in [4.78, 5) is 30.1. The van der Waals surface area contributed by atoms with Gasteiger partial charge in [0.25, 0.3) is 5.91 Å². The molecule has 0 radical (unpaired) electrons. The Labute approximate surface area is 169 Å². The van der Waals surface area contributed by atoms with Gasteiger partial charge < -0.3 is 15.0 Å². The number of aryl methyl sites for hydroxylation is 1. The lowest BCUT2D eigenvalue weighted by atomic mass is 10.1. The second kappa shape index (κ2) is 9.06. The second-order valence-electron chi connectivity index (χ2n) is 6.96. The van der Waals surface area contributed by atoms with Gasteiger partial charge in [-0.2, -0.15) is 0 Å². The molecule has 148 valence electrons. The van der Waals surface area contributed by atoms with Crippen LogP contribution in [0.2, 0.25) is 5.02 Å². The number of benzene rings is 1. The molecular formula is C21H24ClN3O3. The Morgan fingerprint density at radius 1 is 1.21 bits per heavy atom. The minimum atomic E-state index is -0.255. The number of nitrogens with one attached hydrogen (secondary N) is 1. The molecule has 3 rings (SSSR count). The molecule has 2 heterocycles. The molecule has 1 fully saturated rings. The summed E-state index contributed by atoms with van der Waals surface area (Å²) in [5.74, 6) is 0.471. The first-order valence-electron chi connectivity index (χ1n) is 9.34. The Bertz CT molecular complexity index is 846. The number of carbonyl (C=O) groups is 2. The van der Waals surface area contributed by atoms with Gasteiger partial charge in [0.05, 0.1) is 0 Å². The molecule has 6 nitrogen and oxygen atoms in total.